The lowest BCUT2D eigenvalue weighted by molar-refractivity contribution is -0.00529. The second kappa shape index (κ2) is 3.31. The Labute approximate surface area is 71.2 Å². The Bertz CT molecular complexity index is 177. The standard InChI is InChI=1S/C8H13NO3/c10-8-9-6(5-12-8)7-3-1-2-4-11-7/h6-7H,1-5H2,(H,9,10)/t6-,7+/m1/s1. The largest absolute Gasteiger partial charge is 0.447 e. The van der Waals surface area contributed by atoms with Gasteiger partial charge >= 0.3 is 6.09 Å². The van der Waals surface area contributed by atoms with Gasteiger partial charge in [0.05, 0.1) is 12.1 Å². The van der Waals surface area contributed by atoms with Crippen LogP contribution in [0.4, 0.5) is 4.79 Å². The summed E-state index contributed by atoms with van der Waals surface area (Å²) in [6, 6.07) is 0.0813. The van der Waals surface area contributed by atoms with E-state index in [1.54, 1.807) is 0 Å². The van der Waals surface area contributed by atoms with E-state index in [1.807, 2.05) is 0 Å². The van der Waals surface area contributed by atoms with Crippen molar-refractivity contribution in [1.82, 2.24) is 5.32 Å². The Kier molecular flexibility index (Phi) is 2.17. The molecule has 12 heavy (non-hydrogen) atoms. The Balaban J connectivity index is 1.86. The van der Waals surface area contributed by atoms with E-state index in [2.05, 4.69) is 5.32 Å². The van der Waals surface area contributed by atoms with Crippen molar-refractivity contribution in [2.45, 2.75) is 31.4 Å². The van der Waals surface area contributed by atoms with Crippen molar-refractivity contribution in [2.75, 3.05) is 13.2 Å². The lowest BCUT2D eigenvalue weighted by Crippen LogP contribution is -2.41. The Hall–Kier alpha value is -0.770. The fraction of sp³-hybridized carbons (Fsp3) is 0.875. The van der Waals surface area contributed by atoms with Crippen molar-refractivity contribution in [3.63, 3.8) is 0 Å². The molecule has 2 fully saturated rings. The monoisotopic (exact) mass is 171 g/mol. The summed E-state index contributed by atoms with van der Waals surface area (Å²) in [5.74, 6) is 0. The summed E-state index contributed by atoms with van der Waals surface area (Å²) in [5, 5.41) is 2.74. The SMILES string of the molecule is O=C1N[C@@H]([C@@H]2CCCCO2)CO1. The highest BCUT2D eigenvalue weighted by Crippen LogP contribution is 2.18. The second-order valence-corrected chi connectivity index (χ2v) is 3.25. The van der Waals surface area contributed by atoms with Gasteiger partial charge in [-0.2, -0.15) is 0 Å². The Morgan fingerprint density at radius 1 is 1.42 bits per heavy atom. The van der Waals surface area contributed by atoms with Gasteiger partial charge in [0.15, 0.2) is 0 Å². The third kappa shape index (κ3) is 1.53. The van der Waals surface area contributed by atoms with Gasteiger partial charge in [0.1, 0.15) is 6.61 Å². The predicted molar refractivity (Wildman–Crippen MR) is 41.9 cm³/mol. The number of nitrogens with one attached hydrogen (secondary N) is 1. The second-order valence-electron chi connectivity index (χ2n) is 3.25. The van der Waals surface area contributed by atoms with Gasteiger partial charge in [-0.25, -0.2) is 4.79 Å². The highest BCUT2D eigenvalue weighted by molar-refractivity contribution is 5.69. The molecule has 2 saturated heterocycles. The molecule has 2 aliphatic rings. The molecule has 4 heteroatoms. The van der Waals surface area contributed by atoms with E-state index in [-0.39, 0.29) is 18.2 Å². The molecule has 0 saturated carbocycles. The number of carbonyl (C=O) groups excluding carboxylic acids is 1. The molecule has 0 unspecified atom stereocenters. The van der Waals surface area contributed by atoms with Crippen LogP contribution in [0.1, 0.15) is 19.3 Å². The van der Waals surface area contributed by atoms with E-state index in [0.29, 0.717) is 6.61 Å². The summed E-state index contributed by atoms with van der Waals surface area (Å²) in [5.41, 5.74) is 0. The van der Waals surface area contributed by atoms with E-state index < -0.39 is 0 Å². The topological polar surface area (TPSA) is 47.6 Å². The van der Waals surface area contributed by atoms with Crippen LogP contribution in [-0.4, -0.2) is 31.5 Å². The summed E-state index contributed by atoms with van der Waals surface area (Å²) < 4.78 is 10.3. The van der Waals surface area contributed by atoms with Crippen LogP contribution in [0.3, 0.4) is 0 Å². The molecule has 0 aromatic rings. The third-order valence-electron chi connectivity index (χ3n) is 2.36. The van der Waals surface area contributed by atoms with Crippen LogP contribution in [0.25, 0.3) is 0 Å². The average Bonchev–Trinajstić information content (AvgIpc) is 2.54. The fourth-order valence-corrected chi connectivity index (χ4v) is 1.68. The number of rotatable bonds is 1. The van der Waals surface area contributed by atoms with Crippen molar-refractivity contribution in [3.05, 3.63) is 0 Å². The number of hydrogen-bond acceptors (Lipinski definition) is 3. The van der Waals surface area contributed by atoms with Gasteiger partial charge in [-0.05, 0) is 19.3 Å². The zero-order chi connectivity index (χ0) is 8.39. The van der Waals surface area contributed by atoms with Gasteiger partial charge in [-0.1, -0.05) is 0 Å². The van der Waals surface area contributed by atoms with Crippen LogP contribution in [0.5, 0.6) is 0 Å². The molecule has 2 aliphatic heterocycles. The molecule has 4 nitrogen and oxygen atoms in total. The normalized spacial score (nSPS) is 35.8. The minimum atomic E-state index is -0.311. The number of amides is 1. The number of alkyl carbamates (subject to hydrolysis) is 1. The lowest BCUT2D eigenvalue weighted by atomic mass is 10.0. The first-order chi connectivity index (χ1) is 5.86. The lowest BCUT2D eigenvalue weighted by Gasteiger charge is -2.25. The van der Waals surface area contributed by atoms with Crippen molar-refractivity contribution in [2.24, 2.45) is 0 Å². The zero-order valence-corrected chi connectivity index (χ0v) is 6.91. The number of ether oxygens (including phenoxy) is 2. The van der Waals surface area contributed by atoms with Gasteiger partial charge < -0.3 is 14.8 Å². The fourth-order valence-electron chi connectivity index (χ4n) is 1.68. The Morgan fingerprint density at radius 3 is 2.92 bits per heavy atom. The van der Waals surface area contributed by atoms with Crippen LogP contribution in [0.2, 0.25) is 0 Å². The maximum absolute atomic E-state index is 10.7. The number of cyclic esters (lactones) is 1. The quantitative estimate of drug-likeness (QED) is 0.630. The highest BCUT2D eigenvalue weighted by atomic mass is 16.6. The third-order valence-corrected chi connectivity index (χ3v) is 2.36. The van der Waals surface area contributed by atoms with Crippen LogP contribution in [0, 0.1) is 0 Å². The molecule has 68 valence electrons. The van der Waals surface area contributed by atoms with E-state index in [9.17, 15) is 4.79 Å². The molecule has 0 radical (unpaired) electrons. The summed E-state index contributed by atoms with van der Waals surface area (Å²) in [6.07, 6.45) is 3.22. The van der Waals surface area contributed by atoms with E-state index in [1.165, 1.54) is 6.42 Å². The van der Waals surface area contributed by atoms with Gasteiger partial charge in [0.25, 0.3) is 0 Å². The molecular formula is C8H13NO3. The molecule has 0 bridgehead atoms. The van der Waals surface area contributed by atoms with Crippen LogP contribution in [0.15, 0.2) is 0 Å². The molecule has 1 amide bonds. The van der Waals surface area contributed by atoms with Crippen molar-refractivity contribution in [3.8, 4) is 0 Å². The van der Waals surface area contributed by atoms with E-state index in [0.717, 1.165) is 19.4 Å². The summed E-state index contributed by atoms with van der Waals surface area (Å²) >= 11 is 0. The van der Waals surface area contributed by atoms with Crippen LogP contribution < -0.4 is 5.32 Å². The zero-order valence-electron chi connectivity index (χ0n) is 6.91. The maximum atomic E-state index is 10.7. The molecule has 0 spiro atoms. The minimum Gasteiger partial charge on any atom is -0.447 e. The first kappa shape index (κ1) is 7.86. The molecule has 2 atom stereocenters. The first-order valence-corrected chi connectivity index (χ1v) is 4.41. The van der Waals surface area contributed by atoms with Crippen molar-refractivity contribution in [1.29, 1.82) is 0 Å². The van der Waals surface area contributed by atoms with Crippen molar-refractivity contribution < 1.29 is 14.3 Å². The maximum Gasteiger partial charge on any atom is 0.407 e. The average molecular weight is 171 g/mol. The van der Waals surface area contributed by atoms with Crippen LogP contribution >= 0.6 is 0 Å². The minimum absolute atomic E-state index is 0.0813. The number of carbonyl (C=O) groups is 1. The molecule has 0 aromatic carbocycles. The predicted octanol–water partition coefficient (Wildman–Crippen LogP) is 0.664. The van der Waals surface area contributed by atoms with Crippen molar-refractivity contribution >= 4 is 6.09 Å². The Morgan fingerprint density at radius 2 is 2.33 bits per heavy atom. The molecule has 1 N–H and O–H groups in total. The van der Waals surface area contributed by atoms with Gasteiger partial charge in [0.2, 0.25) is 0 Å². The van der Waals surface area contributed by atoms with E-state index in [4.69, 9.17) is 9.47 Å². The van der Waals surface area contributed by atoms with Crippen LogP contribution in [-0.2, 0) is 9.47 Å². The van der Waals surface area contributed by atoms with E-state index >= 15 is 0 Å². The summed E-state index contributed by atoms with van der Waals surface area (Å²) in [7, 11) is 0. The molecule has 0 aromatic heterocycles. The molecule has 2 rings (SSSR count). The first-order valence-electron chi connectivity index (χ1n) is 4.41. The highest BCUT2D eigenvalue weighted by Gasteiger charge is 2.31. The van der Waals surface area contributed by atoms with Gasteiger partial charge in [-0.3, -0.25) is 0 Å². The molecule has 0 aliphatic carbocycles. The molecule has 2 heterocycles. The number of hydrogen-bond donors (Lipinski definition) is 1. The summed E-state index contributed by atoms with van der Waals surface area (Å²) in [6.45, 7) is 1.28. The smallest absolute Gasteiger partial charge is 0.407 e. The molecular weight excluding hydrogens is 158 g/mol. The van der Waals surface area contributed by atoms with Gasteiger partial charge in [-0.15, -0.1) is 0 Å². The van der Waals surface area contributed by atoms with Gasteiger partial charge in [0, 0.05) is 6.61 Å². The summed E-state index contributed by atoms with van der Waals surface area (Å²) in [4.78, 5) is 10.7.